The molecule has 1 N–H and O–H groups in total. The number of rotatable bonds is 3. The van der Waals surface area contributed by atoms with Crippen LogP contribution in [-0.4, -0.2) is 11.0 Å². The zero-order valence-electron chi connectivity index (χ0n) is 8.33. The van der Waals surface area contributed by atoms with Crippen LogP contribution in [0.15, 0.2) is 16.6 Å². The molecule has 1 unspecified atom stereocenters. The molecular formula is C10H8BrFN2O2. The molecule has 4 nitrogen and oxygen atoms in total. The summed E-state index contributed by atoms with van der Waals surface area (Å²) >= 11 is 2.88. The molecule has 0 aromatic heterocycles. The SMILES string of the molecule is C#CC(C)Nc1cc(F)c(Br)cc1[N+](=O)[O-]. The Bertz CT molecular complexity index is 471. The Balaban J connectivity index is 3.21. The Labute approximate surface area is 100 Å². The van der Waals surface area contributed by atoms with Gasteiger partial charge in [-0.15, -0.1) is 6.42 Å². The van der Waals surface area contributed by atoms with Crippen LogP contribution in [0, 0.1) is 28.3 Å². The second-order valence-electron chi connectivity index (χ2n) is 3.07. The maximum Gasteiger partial charge on any atom is 0.293 e. The molecule has 0 saturated carbocycles. The largest absolute Gasteiger partial charge is 0.366 e. The van der Waals surface area contributed by atoms with Gasteiger partial charge in [-0.05, 0) is 22.9 Å². The van der Waals surface area contributed by atoms with E-state index in [1.807, 2.05) is 0 Å². The Morgan fingerprint density at radius 3 is 2.81 bits per heavy atom. The molecule has 1 atom stereocenters. The number of nitrogens with one attached hydrogen (secondary N) is 1. The number of nitro groups is 1. The zero-order chi connectivity index (χ0) is 12.3. The van der Waals surface area contributed by atoms with Gasteiger partial charge < -0.3 is 5.32 Å². The van der Waals surface area contributed by atoms with Crippen LogP contribution in [0.4, 0.5) is 15.8 Å². The number of terminal acetylenes is 1. The van der Waals surface area contributed by atoms with E-state index < -0.39 is 16.8 Å². The third-order valence-electron chi connectivity index (χ3n) is 1.86. The molecule has 84 valence electrons. The summed E-state index contributed by atoms with van der Waals surface area (Å²) in [6.45, 7) is 1.64. The van der Waals surface area contributed by atoms with Crippen LogP contribution in [0.25, 0.3) is 0 Å². The highest BCUT2D eigenvalue weighted by atomic mass is 79.9. The van der Waals surface area contributed by atoms with E-state index >= 15 is 0 Å². The molecule has 0 fully saturated rings. The van der Waals surface area contributed by atoms with Gasteiger partial charge in [0, 0.05) is 12.1 Å². The number of halogens is 2. The maximum atomic E-state index is 13.2. The van der Waals surface area contributed by atoms with Crippen LogP contribution < -0.4 is 5.32 Å². The van der Waals surface area contributed by atoms with E-state index in [0.717, 1.165) is 12.1 Å². The van der Waals surface area contributed by atoms with Crippen molar-refractivity contribution < 1.29 is 9.31 Å². The first-order valence-corrected chi connectivity index (χ1v) is 5.11. The molecular weight excluding hydrogens is 279 g/mol. The van der Waals surface area contributed by atoms with Gasteiger partial charge in [0.15, 0.2) is 0 Å². The van der Waals surface area contributed by atoms with Crippen molar-refractivity contribution in [2.24, 2.45) is 0 Å². The molecule has 0 aliphatic carbocycles. The van der Waals surface area contributed by atoms with Crippen LogP contribution in [0.3, 0.4) is 0 Å². The van der Waals surface area contributed by atoms with Crippen molar-refractivity contribution in [2.45, 2.75) is 13.0 Å². The summed E-state index contributed by atoms with van der Waals surface area (Å²) in [5.74, 6) is 1.76. The van der Waals surface area contributed by atoms with Gasteiger partial charge in [-0.2, -0.15) is 0 Å². The smallest absolute Gasteiger partial charge is 0.293 e. The van der Waals surface area contributed by atoms with Gasteiger partial charge in [0.2, 0.25) is 0 Å². The Morgan fingerprint density at radius 1 is 1.69 bits per heavy atom. The quantitative estimate of drug-likeness (QED) is 0.528. The monoisotopic (exact) mass is 286 g/mol. The van der Waals surface area contributed by atoms with Gasteiger partial charge in [0.25, 0.3) is 5.69 Å². The predicted octanol–water partition coefficient (Wildman–Crippen LogP) is 2.93. The lowest BCUT2D eigenvalue weighted by atomic mass is 10.2. The molecule has 0 saturated heterocycles. The fourth-order valence-electron chi connectivity index (χ4n) is 1.08. The maximum absolute atomic E-state index is 13.2. The number of benzene rings is 1. The van der Waals surface area contributed by atoms with Crippen LogP contribution in [0.1, 0.15) is 6.92 Å². The van der Waals surface area contributed by atoms with Crippen molar-refractivity contribution in [3.05, 3.63) is 32.5 Å². The van der Waals surface area contributed by atoms with Crippen molar-refractivity contribution >= 4 is 27.3 Å². The molecule has 16 heavy (non-hydrogen) atoms. The normalized spacial score (nSPS) is 11.6. The summed E-state index contributed by atoms with van der Waals surface area (Å²) in [6.07, 6.45) is 5.13. The number of anilines is 1. The Morgan fingerprint density at radius 2 is 2.31 bits per heavy atom. The van der Waals surface area contributed by atoms with Gasteiger partial charge in [-0.3, -0.25) is 10.1 Å². The Kier molecular flexibility index (Phi) is 3.85. The van der Waals surface area contributed by atoms with Crippen molar-refractivity contribution in [2.75, 3.05) is 5.32 Å². The first kappa shape index (κ1) is 12.5. The molecule has 0 aliphatic rings. The van der Waals surface area contributed by atoms with E-state index in [0.29, 0.717) is 0 Å². The summed E-state index contributed by atoms with van der Waals surface area (Å²) in [4.78, 5) is 10.1. The Hall–Kier alpha value is -1.61. The van der Waals surface area contributed by atoms with E-state index in [-0.39, 0.29) is 15.8 Å². The van der Waals surface area contributed by atoms with Crippen molar-refractivity contribution in [1.29, 1.82) is 0 Å². The van der Waals surface area contributed by atoms with Crippen molar-refractivity contribution in [1.82, 2.24) is 0 Å². The highest BCUT2D eigenvalue weighted by Gasteiger charge is 2.18. The highest BCUT2D eigenvalue weighted by Crippen LogP contribution is 2.30. The topological polar surface area (TPSA) is 55.2 Å². The minimum absolute atomic E-state index is 0.0399. The number of hydrogen-bond donors (Lipinski definition) is 1. The van der Waals surface area contributed by atoms with E-state index in [4.69, 9.17) is 6.42 Å². The minimum Gasteiger partial charge on any atom is -0.366 e. The van der Waals surface area contributed by atoms with E-state index in [1.54, 1.807) is 6.92 Å². The highest BCUT2D eigenvalue weighted by molar-refractivity contribution is 9.10. The third-order valence-corrected chi connectivity index (χ3v) is 2.47. The fraction of sp³-hybridized carbons (Fsp3) is 0.200. The molecule has 0 radical (unpaired) electrons. The summed E-state index contributed by atoms with van der Waals surface area (Å²) in [7, 11) is 0. The van der Waals surface area contributed by atoms with Crippen LogP contribution in [-0.2, 0) is 0 Å². The lowest BCUT2D eigenvalue weighted by Gasteiger charge is -2.10. The van der Waals surface area contributed by atoms with E-state index in [9.17, 15) is 14.5 Å². The predicted molar refractivity (Wildman–Crippen MR) is 62.7 cm³/mol. The average Bonchev–Trinajstić information content (AvgIpc) is 2.22. The van der Waals surface area contributed by atoms with Crippen LogP contribution in [0.2, 0.25) is 0 Å². The molecule has 0 amide bonds. The summed E-state index contributed by atoms with van der Waals surface area (Å²) < 4.78 is 13.3. The number of nitrogens with zero attached hydrogens (tertiary/aromatic N) is 1. The van der Waals surface area contributed by atoms with Gasteiger partial charge in [0.05, 0.1) is 15.4 Å². The van der Waals surface area contributed by atoms with Gasteiger partial charge in [-0.1, -0.05) is 5.92 Å². The second kappa shape index (κ2) is 4.94. The summed E-state index contributed by atoms with van der Waals surface area (Å²) in [6, 6.07) is 1.72. The molecule has 1 aromatic carbocycles. The first-order chi connectivity index (χ1) is 7.45. The molecule has 1 rings (SSSR count). The average molecular weight is 287 g/mol. The molecule has 0 heterocycles. The van der Waals surface area contributed by atoms with Crippen LogP contribution >= 0.6 is 15.9 Å². The molecule has 1 aromatic rings. The van der Waals surface area contributed by atoms with Crippen molar-refractivity contribution in [3.63, 3.8) is 0 Å². The molecule has 0 spiro atoms. The minimum atomic E-state index is -0.601. The van der Waals surface area contributed by atoms with Crippen molar-refractivity contribution in [3.8, 4) is 12.3 Å². The standard InChI is InChI=1S/C10H8BrFN2O2/c1-3-6(2)13-9-5-8(12)7(11)4-10(9)14(15)16/h1,4-6,13H,2H3. The van der Waals surface area contributed by atoms with Gasteiger partial charge in [-0.25, -0.2) is 4.39 Å². The molecule has 0 aliphatic heterocycles. The first-order valence-electron chi connectivity index (χ1n) is 4.31. The van der Waals surface area contributed by atoms with Gasteiger partial charge >= 0.3 is 0 Å². The lowest BCUT2D eigenvalue weighted by molar-refractivity contribution is -0.384. The zero-order valence-corrected chi connectivity index (χ0v) is 9.92. The summed E-state index contributed by atoms with van der Waals surface area (Å²) in [5, 5.41) is 13.4. The second-order valence-corrected chi connectivity index (χ2v) is 3.93. The lowest BCUT2D eigenvalue weighted by Crippen LogP contribution is -2.13. The number of hydrogen-bond acceptors (Lipinski definition) is 3. The third kappa shape index (κ3) is 2.70. The van der Waals surface area contributed by atoms with E-state index in [2.05, 4.69) is 27.2 Å². The van der Waals surface area contributed by atoms with Crippen LogP contribution in [0.5, 0.6) is 0 Å². The van der Waals surface area contributed by atoms with E-state index in [1.165, 1.54) is 0 Å². The number of nitro benzene ring substituents is 1. The summed E-state index contributed by atoms with van der Waals surface area (Å²) in [5.41, 5.74) is -0.161. The van der Waals surface area contributed by atoms with Gasteiger partial charge in [0.1, 0.15) is 11.5 Å². The molecule has 0 bridgehead atoms. The molecule has 6 heteroatoms. The fourth-order valence-corrected chi connectivity index (χ4v) is 1.41.